The van der Waals surface area contributed by atoms with Crippen LogP contribution in [0, 0.1) is 0 Å². The fraction of sp³-hybridized carbons (Fsp3) is 0.167. The van der Waals surface area contributed by atoms with E-state index < -0.39 is 0 Å². The Bertz CT molecular complexity index is 200. The highest BCUT2D eigenvalue weighted by molar-refractivity contribution is 14.1. The lowest BCUT2D eigenvalue weighted by atomic mass is 10.3. The molecule has 0 spiro atoms. The lowest BCUT2D eigenvalue weighted by Gasteiger charge is -1.93. The minimum Gasteiger partial charge on any atom is -0.384 e. The Labute approximate surface area is 67.6 Å². The molecule has 1 rings (SSSR count). The highest BCUT2D eigenvalue weighted by Gasteiger charge is 1.88. The van der Waals surface area contributed by atoms with E-state index >= 15 is 0 Å². The average Bonchev–Trinajstić information content (AvgIpc) is 1.88. The monoisotopic (exact) mass is 234 g/mol. The predicted molar refractivity (Wildman–Crippen MR) is 46.4 cm³/mol. The highest BCUT2D eigenvalue weighted by atomic mass is 127. The van der Waals surface area contributed by atoms with E-state index in [1.807, 2.05) is 12.1 Å². The highest BCUT2D eigenvalue weighted by Crippen LogP contribution is 2.06. The van der Waals surface area contributed by atoms with Crippen molar-refractivity contribution in [1.82, 2.24) is 4.98 Å². The molecule has 0 aromatic carbocycles. The molecule has 1 aromatic heterocycles. The molecule has 48 valence electrons. The van der Waals surface area contributed by atoms with E-state index in [0.29, 0.717) is 5.82 Å². The van der Waals surface area contributed by atoms with Crippen LogP contribution in [0.3, 0.4) is 0 Å². The normalized spacial score (nSPS) is 9.44. The Morgan fingerprint density at radius 1 is 1.67 bits per heavy atom. The Hall–Kier alpha value is -0.320. The van der Waals surface area contributed by atoms with Gasteiger partial charge in [-0.15, -0.1) is 0 Å². The van der Waals surface area contributed by atoms with Gasteiger partial charge in [0.2, 0.25) is 0 Å². The number of nitrogen functional groups attached to an aromatic ring is 1. The number of nitrogens with zero attached hydrogens (tertiary/aromatic N) is 1. The van der Waals surface area contributed by atoms with Crippen molar-refractivity contribution in [2.24, 2.45) is 0 Å². The van der Waals surface area contributed by atoms with E-state index in [1.54, 1.807) is 6.20 Å². The van der Waals surface area contributed by atoms with Gasteiger partial charge in [-0.25, -0.2) is 4.98 Å². The van der Waals surface area contributed by atoms with Crippen LogP contribution in [0.2, 0.25) is 0 Å². The first-order valence-electron chi connectivity index (χ1n) is 2.59. The van der Waals surface area contributed by atoms with Gasteiger partial charge in [0.25, 0.3) is 0 Å². The summed E-state index contributed by atoms with van der Waals surface area (Å²) in [7, 11) is 0. The molecule has 1 heterocycles. The Morgan fingerprint density at radius 2 is 2.44 bits per heavy atom. The van der Waals surface area contributed by atoms with Crippen molar-refractivity contribution in [3.8, 4) is 0 Å². The minimum absolute atomic E-state index is 0.601. The second-order valence-corrected chi connectivity index (χ2v) is 2.49. The van der Waals surface area contributed by atoms with Gasteiger partial charge in [-0.2, -0.15) is 0 Å². The lowest BCUT2D eigenvalue weighted by Crippen LogP contribution is -1.89. The molecule has 0 radical (unpaired) electrons. The second kappa shape index (κ2) is 3.00. The predicted octanol–water partition coefficient (Wildman–Crippen LogP) is 1.60. The maximum atomic E-state index is 5.42. The van der Waals surface area contributed by atoms with E-state index in [9.17, 15) is 0 Å². The van der Waals surface area contributed by atoms with Crippen molar-refractivity contribution < 1.29 is 0 Å². The van der Waals surface area contributed by atoms with Crippen molar-refractivity contribution in [3.05, 3.63) is 23.9 Å². The van der Waals surface area contributed by atoms with E-state index in [2.05, 4.69) is 27.6 Å². The number of aromatic nitrogens is 1. The molecular weight excluding hydrogens is 227 g/mol. The van der Waals surface area contributed by atoms with Gasteiger partial charge >= 0.3 is 0 Å². The van der Waals surface area contributed by atoms with E-state index in [0.717, 1.165) is 4.43 Å². The molecule has 0 fully saturated rings. The first-order chi connectivity index (χ1) is 4.33. The Morgan fingerprint density at radius 3 is 2.89 bits per heavy atom. The largest absolute Gasteiger partial charge is 0.384 e. The third-order valence-corrected chi connectivity index (χ3v) is 1.88. The molecule has 2 N–H and O–H groups in total. The van der Waals surface area contributed by atoms with Crippen LogP contribution in [0.25, 0.3) is 0 Å². The molecule has 0 atom stereocenters. The lowest BCUT2D eigenvalue weighted by molar-refractivity contribution is 1.29. The fourth-order valence-electron chi connectivity index (χ4n) is 0.578. The smallest absolute Gasteiger partial charge is 0.123 e. The van der Waals surface area contributed by atoms with Crippen LogP contribution in [0.15, 0.2) is 18.3 Å². The number of anilines is 1. The van der Waals surface area contributed by atoms with Gasteiger partial charge in [-0.05, 0) is 17.7 Å². The van der Waals surface area contributed by atoms with Crippen molar-refractivity contribution in [2.45, 2.75) is 4.43 Å². The zero-order valence-electron chi connectivity index (χ0n) is 4.84. The van der Waals surface area contributed by atoms with Crippen molar-refractivity contribution in [1.29, 1.82) is 0 Å². The Balaban J connectivity index is 2.94. The summed E-state index contributed by atoms with van der Waals surface area (Å²) in [5, 5.41) is 0. The maximum absolute atomic E-state index is 5.42. The number of alkyl halides is 1. The van der Waals surface area contributed by atoms with Gasteiger partial charge in [0, 0.05) is 10.6 Å². The van der Waals surface area contributed by atoms with Crippen LogP contribution < -0.4 is 5.73 Å². The maximum Gasteiger partial charge on any atom is 0.123 e. The first-order valence-corrected chi connectivity index (χ1v) is 4.12. The molecule has 3 heteroatoms. The molecule has 0 unspecified atom stereocenters. The summed E-state index contributed by atoms with van der Waals surface area (Å²) in [4.78, 5) is 3.86. The van der Waals surface area contributed by atoms with Crippen LogP contribution in [-0.4, -0.2) is 4.98 Å². The number of pyridine rings is 1. The zero-order chi connectivity index (χ0) is 6.69. The number of hydrogen-bond acceptors (Lipinski definition) is 2. The summed E-state index contributed by atoms with van der Waals surface area (Å²) in [5.74, 6) is 0.601. The van der Waals surface area contributed by atoms with Crippen molar-refractivity contribution in [3.63, 3.8) is 0 Å². The SMILES string of the molecule is Nc1cc(CI)ccn1. The van der Waals surface area contributed by atoms with E-state index in [-0.39, 0.29) is 0 Å². The first kappa shape index (κ1) is 6.80. The molecule has 9 heavy (non-hydrogen) atoms. The summed E-state index contributed by atoms with van der Waals surface area (Å²) in [6.45, 7) is 0. The molecule has 0 aliphatic rings. The standard InChI is InChI=1S/C6H7IN2/c7-4-5-1-2-9-6(8)3-5/h1-3H,4H2,(H2,8,9). The number of halogens is 1. The van der Waals surface area contributed by atoms with E-state index in [4.69, 9.17) is 5.73 Å². The molecule has 0 saturated carbocycles. The van der Waals surface area contributed by atoms with Crippen molar-refractivity contribution >= 4 is 28.4 Å². The molecular formula is C6H7IN2. The Kier molecular flexibility index (Phi) is 2.27. The van der Waals surface area contributed by atoms with Gasteiger partial charge in [0.05, 0.1) is 0 Å². The van der Waals surface area contributed by atoms with Crippen LogP contribution in [-0.2, 0) is 4.43 Å². The second-order valence-electron chi connectivity index (χ2n) is 1.72. The molecule has 0 saturated heterocycles. The number of hydrogen-bond donors (Lipinski definition) is 1. The number of rotatable bonds is 1. The summed E-state index contributed by atoms with van der Waals surface area (Å²) < 4.78 is 0.991. The van der Waals surface area contributed by atoms with E-state index in [1.165, 1.54) is 5.56 Å². The molecule has 0 bridgehead atoms. The van der Waals surface area contributed by atoms with Crippen molar-refractivity contribution in [2.75, 3.05) is 5.73 Å². The summed E-state index contributed by atoms with van der Waals surface area (Å²) in [6.07, 6.45) is 1.73. The minimum atomic E-state index is 0.601. The quantitative estimate of drug-likeness (QED) is 0.592. The number of nitrogens with two attached hydrogens (primary N) is 1. The molecule has 0 amide bonds. The molecule has 2 nitrogen and oxygen atoms in total. The summed E-state index contributed by atoms with van der Waals surface area (Å²) in [5.41, 5.74) is 6.64. The third-order valence-electron chi connectivity index (χ3n) is 1.000. The topological polar surface area (TPSA) is 38.9 Å². The van der Waals surface area contributed by atoms with Gasteiger partial charge in [-0.3, -0.25) is 0 Å². The fourth-order valence-corrected chi connectivity index (χ4v) is 1.05. The zero-order valence-corrected chi connectivity index (χ0v) is 7.00. The third kappa shape index (κ3) is 1.82. The molecule has 0 aliphatic carbocycles. The molecule has 1 aromatic rings. The van der Waals surface area contributed by atoms with Crippen LogP contribution in [0.1, 0.15) is 5.56 Å². The van der Waals surface area contributed by atoms with Gasteiger partial charge < -0.3 is 5.73 Å². The van der Waals surface area contributed by atoms with Crippen LogP contribution in [0.5, 0.6) is 0 Å². The van der Waals surface area contributed by atoms with Gasteiger partial charge in [-0.1, -0.05) is 22.6 Å². The van der Waals surface area contributed by atoms with Gasteiger partial charge in [0.15, 0.2) is 0 Å². The average molecular weight is 234 g/mol. The van der Waals surface area contributed by atoms with Gasteiger partial charge in [0.1, 0.15) is 5.82 Å². The summed E-state index contributed by atoms with van der Waals surface area (Å²) >= 11 is 2.29. The van der Waals surface area contributed by atoms with Crippen LogP contribution in [0.4, 0.5) is 5.82 Å². The molecule has 0 aliphatic heterocycles. The van der Waals surface area contributed by atoms with Crippen LogP contribution >= 0.6 is 22.6 Å². The summed E-state index contributed by atoms with van der Waals surface area (Å²) in [6, 6.07) is 3.84.